The van der Waals surface area contributed by atoms with Gasteiger partial charge in [0.1, 0.15) is 4.88 Å². The van der Waals surface area contributed by atoms with Crippen LogP contribution in [0.3, 0.4) is 0 Å². The van der Waals surface area contributed by atoms with E-state index in [4.69, 9.17) is 0 Å². The SMILES string of the molecule is Cc1nc(C)c(C(=O)NC(C)c2cnn(-c3ccccc3C)c2C)s1. The van der Waals surface area contributed by atoms with E-state index in [1.165, 1.54) is 11.3 Å². The molecule has 0 saturated carbocycles. The van der Waals surface area contributed by atoms with E-state index in [-0.39, 0.29) is 11.9 Å². The van der Waals surface area contributed by atoms with E-state index in [0.29, 0.717) is 4.88 Å². The first-order valence-corrected chi connectivity index (χ1v) is 9.05. The molecular formula is C19H22N4OS. The van der Waals surface area contributed by atoms with E-state index >= 15 is 0 Å². The maximum atomic E-state index is 12.5. The molecule has 3 aromatic rings. The van der Waals surface area contributed by atoms with E-state index in [0.717, 1.165) is 33.2 Å². The van der Waals surface area contributed by atoms with Crippen molar-refractivity contribution >= 4 is 17.2 Å². The predicted octanol–water partition coefficient (Wildman–Crippen LogP) is 4.05. The zero-order valence-corrected chi connectivity index (χ0v) is 15.9. The van der Waals surface area contributed by atoms with E-state index in [9.17, 15) is 4.79 Å². The van der Waals surface area contributed by atoms with Gasteiger partial charge in [-0.3, -0.25) is 4.79 Å². The first-order chi connectivity index (χ1) is 11.9. The van der Waals surface area contributed by atoms with Crippen molar-refractivity contribution in [3.05, 3.63) is 62.9 Å². The van der Waals surface area contributed by atoms with Crippen LogP contribution in [0.5, 0.6) is 0 Å². The molecule has 130 valence electrons. The number of nitrogens with zero attached hydrogens (tertiary/aromatic N) is 3. The summed E-state index contributed by atoms with van der Waals surface area (Å²) >= 11 is 1.42. The Kier molecular flexibility index (Phi) is 4.72. The van der Waals surface area contributed by atoms with Gasteiger partial charge in [-0.15, -0.1) is 11.3 Å². The van der Waals surface area contributed by atoms with Gasteiger partial charge in [0, 0.05) is 11.3 Å². The zero-order valence-electron chi connectivity index (χ0n) is 15.1. The Labute approximate surface area is 151 Å². The molecule has 0 radical (unpaired) electrons. The number of para-hydroxylation sites is 1. The third-order valence-corrected chi connectivity index (χ3v) is 5.39. The minimum atomic E-state index is -0.132. The van der Waals surface area contributed by atoms with Gasteiger partial charge in [0.15, 0.2) is 0 Å². The summed E-state index contributed by atoms with van der Waals surface area (Å²) < 4.78 is 1.93. The highest BCUT2D eigenvalue weighted by molar-refractivity contribution is 7.13. The van der Waals surface area contributed by atoms with Gasteiger partial charge in [0.2, 0.25) is 0 Å². The molecule has 1 atom stereocenters. The van der Waals surface area contributed by atoms with Crippen LogP contribution in [0.4, 0.5) is 0 Å². The molecule has 3 rings (SSSR count). The summed E-state index contributed by atoms with van der Waals surface area (Å²) in [5.41, 5.74) is 5.03. The summed E-state index contributed by atoms with van der Waals surface area (Å²) in [4.78, 5) is 17.5. The predicted molar refractivity (Wildman–Crippen MR) is 101 cm³/mol. The van der Waals surface area contributed by atoms with E-state index in [2.05, 4.69) is 28.4 Å². The first-order valence-electron chi connectivity index (χ1n) is 8.24. The Hall–Kier alpha value is -2.47. The van der Waals surface area contributed by atoms with Crippen LogP contribution in [0.25, 0.3) is 5.69 Å². The van der Waals surface area contributed by atoms with Crippen LogP contribution in [-0.4, -0.2) is 20.7 Å². The van der Waals surface area contributed by atoms with Crippen LogP contribution in [0, 0.1) is 27.7 Å². The number of amides is 1. The van der Waals surface area contributed by atoms with Gasteiger partial charge in [-0.25, -0.2) is 9.67 Å². The summed E-state index contributed by atoms with van der Waals surface area (Å²) in [6.45, 7) is 9.85. The molecule has 25 heavy (non-hydrogen) atoms. The fourth-order valence-electron chi connectivity index (χ4n) is 2.97. The van der Waals surface area contributed by atoms with Gasteiger partial charge in [0.05, 0.1) is 28.6 Å². The van der Waals surface area contributed by atoms with Crippen molar-refractivity contribution in [3.8, 4) is 5.69 Å². The molecule has 6 heteroatoms. The molecule has 2 heterocycles. The molecule has 0 spiro atoms. The van der Waals surface area contributed by atoms with Crippen molar-refractivity contribution in [2.45, 2.75) is 40.7 Å². The smallest absolute Gasteiger partial charge is 0.263 e. The summed E-state index contributed by atoms with van der Waals surface area (Å²) in [6.07, 6.45) is 1.83. The fraction of sp³-hybridized carbons (Fsp3) is 0.316. The highest BCUT2D eigenvalue weighted by atomic mass is 32.1. The number of aryl methyl sites for hydroxylation is 3. The molecule has 1 unspecified atom stereocenters. The number of carbonyl (C=O) groups excluding carboxylic acids is 1. The largest absolute Gasteiger partial charge is 0.345 e. The maximum Gasteiger partial charge on any atom is 0.263 e. The van der Waals surface area contributed by atoms with Crippen molar-refractivity contribution in [1.29, 1.82) is 0 Å². The second-order valence-corrected chi connectivity index (χ2v) is 7.43. The van der Waals surface area contributed by atoms with E-state index in [1.54, 1.807) is 0 Å². The molecule has 0 saturated heterocycles. The first kappa shape index (κ1) is 17.4. The lowest BCUT2D eigenvalue weighted by molar-refractivity contribution is 0.0943. The Morgan fingerprint density at radius 2 is 1.92 bits per heavy atom. The Bertz CT molecular complexity index is 925. The molecule has 1 N–H and O–H groups in total. The standard InChI is InChI=1S/C19H22N4OS/c1-11-8-6-7-9-17(11)23-14(4)16(10-20-23)12(2)22-19(24)18-13(3)21-15(5)25-18/h6-10,12H,1-5H3,(H,22,24). The quantitative estimate of drug-likeness (QED) is 0.769. The van der Waals surface area contributed by atoms with Crippen molar-refractivity contribution in [2.75, 3.05) is 0 Å². The van der Waals surface area contributed by atoms with Crippen LogP contribution in [0.2, 0.25) is 0 Å². The van der Waals surface area contributed by atoms with E-state index in [1.807, 2.05) is 56.8 Å². The number of carbonyl (C=O) groups is 1. The minimum Gasteiger partial charge on any atom is -0.345 e. The third kappa shape index (κ3) is 3.35. The number of benzene rings is 1. The second kappa shape index (κ2) is 6.80. The number of hydrogen-bond donors (Lipinski definition) is 1. The third-order valence-electron chi connectivity index (χ3n) is 4.32. The van der Waals surface area contributed by atoms with Gasteiger partial charge in [-0.2, -0.15) is 5.10 Å². The number of thiazole rings is 1. The summed E-state index contributed by atoms with van der Waals surface area (Å²) in [5.74, 6) is -0.0846. The average molecular weight is 354 g/mol. The highest BCUT2D eigenvalue weighted by Crippen LogP contribution is 2.23. The van der Waals surface area contributed by atoms with Gasteiger partial charge >= 0.3 is 0 Å². The van der Waals surface area contributed by atoms with Crippen LogP contribution >= 0.6 is 11.3 Å². The monoisotopic (exact) mass is 354 g/mol. The Morgan fingerprint density at radius 3 is 2.56 bits per heavy atom. The molecule has 0 aliphatic heterocycles. The van der Waals surface area contributed by atoms with Crippen LogP contribution < -0.4 is 5.32 Å². The van der Waals surface area contributed by atoms with Crippen LogP contribution in [0.15, 0.2) is 30.5 Å². The molecule has 2 aromatic heterocycles. The normalized spacial score (nSPS) is 12.2. The molecule has 0 bridgehead atoms. The maximum absolute atomic E-state index is 12.5. The molecule has 0 fully saturated rings. The lowest BCUT2D eigenvalue weighted by atomic mass is 10.1. The van der Waals surface area contributed by atoms with E-state index < -0.39 is 0 Å². The summed E-state index contributed by atoms with van der Waals surface area (Å²) in [7, 11) is 0. The Balaban J connectivity index is 1.84. The highest BCUT2D eigenvalue weighted by Gasteiger charge is 2.20. The number of rotatable bonds is 4. The fourth-order valence-corrected chi connectivity index (χ4v) is 3.80. The zero-order chi connectivity index (χ0) is 18.1. The van der Waals surface area contributed by atoms with Crippen molar-refractivity contribution in [3.63, 3.8) is 0 Å². The molecule has 1 aromatic carbocycles. The number of hydrogen-bond acceptors (Lipinski definition) is 4. The van der Waals surface area contributed by atoms with Crippen LogP contribution in [0.1, 0.15) is 50.2 Å². The summed E-state index contributed by atoms with van der Waals surface area (Å²) in [6, 6.07) is 8.00. The average Bonchev–Trinajstić information content (AvgIpc) is 3.10. The summed E-state index contributed by atoms with van der Waals surface area (Å²) in [5, 5.41) is 8.49. The molecule has 0 aliphatic rings. The number of aromatic nitrogens is 3. The van der Waals surface area contributed by atoms with Crippen molar-refractivity contribution < 1.29 is 4.79 Å². The molecular weight excluding hydrogens is 332 g/mol. The second-order valence-electron chi connectivity index (χ2n) is 6.23. The minimum absolute atomic E-state index is 0.0846. The number of nitrogens with one attached hydrogen (secondary N) is 1. The molecule has 0 aliphatic carbocycles. The van der Waals surface area contributed by atoms with Crippen molar-refractivity contribution in [2.24, 2.45) is 0 Å². The topological polar surface area (TPSA) is 59.8 Å². The lowest BCUT2D eigenvalue weighted by Gasteiger charge is -2.14. The lowest BCUT2D eigenvalue weighted by Crippen LogP contribution is -2.26. The molecule has 5 nitrogen and oxygen atoms in total. The van der Waals surface area contributed by atoms with Gasteiger partial charge < -0.3 is 5.32 Å². The van der Waals surface area contributed by atoms with Crippen molar-refractivity contribution in [1.82, 2.24) is 20.1 Å². The van der Waals surface area contributed by atoms with Gasteiger partial charge in [-0.05, 0) is 46.2 Å². The van der Waals surface area contributed by atoms with Gasteiger partial charge in [0.25, 0.3) is 5.91 Å². The molecule has 1 amide bonds. The Morgan fingerprint density at radius 1 is 1.20 bits per heavy atom. The van der Waals surface area contributed by atoms with Crippen LogP contribution in [-0.2, 0) is 0 Å². The van der Waals surface area contributed by atoms with Gasteiger partial charge in [-0.1, -0.05) is 18.2 Å².